The molecule has 0 atom stereocenters. The smallest absolute Gasteiger partial charge is 0.356 e. The number of pyridine rings is 1. The van der Waals surface area contributed by atoms with E-state index in [0.717, 1.165) is 22.1 Å². The molecule has 0 aliphatic carbocycles. The quantitative estimate of drug-likeness (QED) is 0.690. The van der Waals surface area contributed by atoms with Crippen molar-refractivity contribution in [1.82, 2.24) is 4.98 Å². The maximum atomic E-state index is 11.5. The van der Waals surface area contributed by atoms with Crippen LogP contribution in [0.25, 0.3) is 10.8 Å². The number of ether oxygens (including phenoxy) is 2. The van der Waals surface area contributed by atoms with Gasteiger partial charge in [-0.3, -0.25) is 0 Å². The lowest BCUT2D eigenvalue weighted by Crippen LogP contribution is -2.03. The summed E-state index contributed by atoms with van der Waals surface area (Å²) in [4.78, 5) is 15.6. The normalized spacial score (nSPS) is 10.4. The molecule has 0 N–H and O–H groups in total. The summed E-state index contributed by atoms with van der Waals surface area (Å²) in [6.45, 7) is 0.514. The van der Waals surface area contributed by atoms with E-state index < -0.39 is 5.97 Å². The van der Waals surface area contributed by atoms with Crippen LogP contribution in [0, 0.1) is 0 Å². The largest absolute Gasteiger partial charge is 0.489 e. The highest BCUT2D eigenvalue weighted by Gasteiger charge is 2.08. The molecule has 3 rings (SSSR count). The first kappa shape index (κ1) is 14.1. The number of aromatic nitrogens is 1. The van der Waals surface area contributed by atoms with Gasteiger partial charge in [0.15, 0.2) is 0 Å². The highest BCUT2D eigenvalue weighted by molar-refractivity contribution is 5.93. The van der Waals surface area contributed by atoms with Gasteiger partial charge in [0.2, 0.25) is 0 Å². The van der Waals surface area contributed by atoms with Gasteiger partial charge in [-0.05, 0) is 29.1 Å². The van der Waals surface area contributed by atoms with Gasteiger partial charge in [0.05, 0.1) is 7.11 Å². The predicted molar refractivity (Wildman–Crippen MR) is 83.9 cm³/mol. The van der Waals surface area contributed by atoms with E-state index in [9.17, 15) is 4.79 Å². The zero-order valence-electron chi connectivity index (χ0n) is 12.2. The minimum Gasteiger partial charge on any atom is -0.489 e. The number of fused-ring (bicyclic) bond motifs is 1. The van der Waals surface area contributed by atoms with Crippen molar-refractivity contribution in [3.63, 3.8) is 0 Å². The van der Waals surface area contributed by atoms with Crippen molar-refractivity contribution in [1.29, 1.82) is 0 Å². The highest BCUT2D eigenvalue weighted by Crippen LogP contribution is 2.22. The first-order valence-electron chi connectivity index (χ1n) is 6.91. The Labute approximate surface area is 128 Å². The van der Waals surface area contributed by atoms with Crippen molar-refractivity contribution in [3.8, 4) is 5.75 Å². The van der Waals surface area contributed by atoms with Crippen LogP contribution in [0.15, 0.2) is 60.8 Å². The lowest BCUT2D eigenvalue weighted by Gasteiger charge is -2.08. The van der Waals surface area contributed by atoms with Gasteiger partial charge in [-0.1, -0.05) is 36.4 Å². The second kappa shape index (κ2) is 6.26. The minimum atomic E-state index is -0.439. The Bertz CT molecular complexity index is 800. The van der Waals surface area contributed by atoms with Crippen LogP contribution in [0.4, 0.5) is 0 Å². The average molecular weight is 293 g/mol. The third-order valence-corrected chi connectivity index (χ3v) is 3.34. The third-order valence-electron chi connectivity index (χ3n) is 3.34. The molecule has 0 aliphatic heterocycles. The van der Waals surface area contributed by atoms with Gasteiger partial charge < -0.3 is 9.47 Å². The Balaban J connectivity index is 1.80. The van der Waals surface area contributed by atoms with Gasteiger partial charge in [-0.25, -0.2) is 9.78 Å². The number of carbonyl (C=O) groups is 1. The van der Waals surface area contributed by atoms with E-state index in [1.165, 1.54) is 7.11 Å². The molecule has 2 aromatic carbocycles. The number of esters is 1. The number of hydrogen-bond acceptors (Lipinski definition) is 4. The molecular formula is C18H15NO3. The van der Waals surface area contributed by atoms with Crippen molar-refractivity contribution >= 4 is 16.7 Å². The molecule has 0 radical (unpaired) electrons. The van der Waals surface area contributed by atoms with Gasteiger partial charge in [-0.2, -0.15) is 0 Å². The molecule has 3 aromatic rings. The summed E-state index contributed by atoms with van der Waals surface area (Å²) >= 11 is 0. The molecule has 0 unspecified atom stereocenters. The Hall–Kier alpha value is -2.88. The van der Waals surface area contributed by atoms with Crippen LogP contribution >= 0.6 is 0 Å². The van der Waals surface area contributed by atoms with Gasteiger partial charge in [0.25, 0.3) is 0 Å². The van der Waals surface area contributed by atoms with Crippen LogP contribution in [-0.4, -0.2) is 18.1 Å². The number of methoxy groups -OCH3 is 1. The van der Waals surface area contributed by atoms with Crippen LogP contribution in [0.5, 0.6) is 5.75 Å². The van der Waals surface area contributed by atoms with Crippen LogP contribution in [0.2, 0.25) is 0 Å². The van der Waals surface area contributed by atoms with E-state index in [-0.39, 0.29) is 0 Å². The van der Waals surface area contributed by atoms with E-state index >= 15 is 0 Å². The molecular weight excluding hydrogens is 278 g/mol. The van der Waals surface area contributed by atoms with Crippen molar-refractivity contribution in [3.05, 3.63) is 72.1 Å². The predicted octanol–water partition coefficient (Wildman–Crippen LogP) is 3.60. The third kappa shape index (κ3) is 3.06. The van der Waals surface area contributed by atoms with E-state index in [1.54, 1.807) is 12.3 Å². The maximum absolute atomic E-state index is 11.5. The van der Waals surface area contributed by atoms with Crippen LogP contribution in [-0.2, 0) is 11.3 Å². The van der Waals surface area contributed by atoms with Crippen molar-refractivity contribution in [2.45, 2.75) is 6.61 Å². The molecule has 0 aliphatic rings. The molecule has 0 fully saturated rings. The number of rotatable bonds is 4. The molecule has 0 amide bonds. The van der Waals surface area contributed by atoms with Crippen LogP contribution < -0.4 is 4.74 Å². The summed E-state index contributed by atoms with van der Waals surface area (Å²) in [5, 5.41) is 1.83. The molecule has 1 aromatic heterocycles. The van der Waals surface area contributed by atoms with E-state index in [1.807, 2.05) is 48.5 Å². The van der Waals surface area contributed by atoms with Crippen molar-refractivity contribution < 1.29 is 14.3 Å². The molecule has 1 heterocycles. The first-order chi connectivity index (χ1) is 10.8. The van der Waals surface area contributed by atoms with Crippen LogP contribution in [0.3, 0.4) is 0 Å². The lowest BCUT2D eigenvalue weighted by atomic mass is 10.1. The standard InChI is InChI=1S/C18H15NO3/c1-21-18(20)17-10-14-7-8-16(9-15(14)11-19-17)22-12-13-5-3-2-4-6-13/h2-11H,12H2,1H3. The average Bonchev–Trinajstić information content (AvgIpc) is 2.59. The van der Waals surface area contributed by atoms with Gasteiger partial charge >= 0.3 is 5.97 Å². The van der Waals surface area contributed by atoms with Gasteiger partial charge in [0.1, 0.15) is 18.1 Å². The van der Waals surface area contributed by atoms with E-state index in [2.05, 4.69) is 9.72 Å². The number of hydrogen-bond donors (Lipinski definition) is 0. The zero-order valence-corrected chi connectivity index (χ0v) is 12.2. The van der Waals surface area contributed by atoms with Crippen LogP contribution in [0.1, 0.15) is 16.1 Å². The molecule has 4 heteroatoms. The molecule has 4 nitrogen and oxygen atoms in total. The van der Waals surface area contributed by atoms with Gasteiger partial charge in [0, 0.05) is 11.6 Å². The lowest BCUT2D eigenvalue weighted by molar-refractivity contribution is 0.0594. The van der Waals surface area contributed by atoms with Crippen molar-refractivity contribution in [2.75, 3.05) is 7.11 Å². The topological polar surface area (TPSA) is 48.4 Å². The summed E-state index contributed by atoms with van der Waals surface area (Å²) < 4.78 is 10.4. The fraction of sp³-hybridized carbons (Fsp3) is 0.111. The Morgan fingerprint density at radius 3 is 2.64 bits per heavy atom. The molecule has 0 saturated carbocycles. The molecule has 0 bridgehead atoms. The summed E-state index contributed by atoms with van der Waals surface area (Å²) in [7, 11) is 1.34. The molecule has 0 saturated heterocycles. The highest BCUT2D eigenvalue weighted by atomic mass is 16.5. The fourth-order valence-corrected chi connectivity index (χ4v) is 2.17. The monoisotopic (exact) mass is 293 g/mol. The maximum Gasteiger partial charge on any atom is 0.356 e. The first-order valence-corrected chi connectivity index (χ1v) is 6.91. The Morgan fingerprint density at radius 2 is 1.86 bits per heavy atom. The van der Waals surface area contributed by atoms with E-state index in [0.29, 0.717) is 12.3 Å². The molecule has 22 heavy (non-hydrogen) atoms. The van der Waals surface area contributed by atoms with Gasteiger partial charge in [-0.15, -0.1) is 0 Å². The number of benzene rings is 2. The summed E-state index contributed by atoms with van der Waals surface area (Å²) in [5.41, 5.74) is 1.41. The Morgan fingerprint density at radius 1 is 1.05 bits per heavy atom. The molecule has 110 valence electrons. The number of nitrogens with zero attached hydrogens (tertiary/aromatic N) is 1. The minimum absolute atomic E-state index is 0.299. The fourth-order valence-electron chi connectivity index (χ4n) is 2.17. The summed E-state index contributed by atoms with van der Waals surface area (Å²) in [6.07, 6.45) is 1.65. The second-order valence-corrected chi connectivity index (χ2v) is 4.84. The Kier molecular flexibility index (Phi) is 4.01. The zero-order chi connectivity index (χ0) is 15.4. The SMILES string of the molecule is COC(=O)c1cc2ccc(OCc3ccccc3)cc2cn1. The molecule has 0 spiro atoms. The van der Waals surface area contributed by atoms with E-state index in [4.69, 9.17) is 4.74 Å². The second-order valence-electron chi connectivity index (χ2n) is 4.84. The summed E-state index contributed by atoms with van der Waals surface area (Å²) in [6, 6.07) is 17.4. The summed E-state index contributed by atoms with van der Waals surface area (Å²) in [5.74, 6) is 0.329. The number of carbonyl (C=O) groups excluding carboxylic acids is 1. The van der Waals surface area contributed by atoms with Crippen molar-refractivity contribution in [2.24, 2.45) is 0 Å².